The molecule has 1 aromatic carbocycles. The minimum Gasteiger partial charge on any atom is -0.396 e. The van der Waals surface area contributed by atoms with Crippen LogP contribution in [-0.2, 0) is 0 Å². The number of hydrogen-bond donors (Lipinski definition) is 2. The van der Waals surface area contributed by atoms with Crippen LogP contribution in [0.3, 0.4) is 0 Å². The third kappa shape index (κ3) is 1.99. The number of anilines is 1. The summed E-state index contributed by atoms with van der Waals surface area (Å²) in [5.41, 5.74) is 6.29. The Bertz CT molecular complexity index is 362. The lowest BCUT2D eigenvalue weighted by Gasteiger charge is -2.06. The molecule has 0 aliphatic rings. The molecule has 0 unspecified atom stereocenters. The van der Waals surface area contributed by atoms with Crippen LogP contribution >= 0.6 is 34.8 Å². The van der Waals surface area contributed by atoms with Gasteiger partial charge in [-0.1, -0.05) is 34.8 Å². The molecule has 0 saturated carbocycles. The maximum absolute atomic E-state index is 5.84. The summed E-state index contributed by atoms with van der Waals surface area (Å²) in [6.45, 7) is 0. The highest BCUT2D eigenvalue weighted by Crippen LogP contribution is 2.34. The third-order valence-corrected chi connectivity index (χ3v) is 2.48. The molecule has 4 N–H and O–H groups in total. The number of rotatable bonds is 1. The average molecular weight is 239 g/mol. The van der Waals surface area contributed by atoms with Crippen LogP contribution in [0.15, 0.2) is 11.2 Å². The Hall–Kier alpha value is -0.640. The monoisotopic (exact) mass is 237 g/mol. The molecule has 0 fully saturated rings. The summed E-state index contributed by atoms with van der Waals surface area (Å²) in [4.78, 5) is 0. The normalized spacial score (nSPS) is 11.0. The summed E-state index contributed by atoms with van der Waals surface area (Å²) in [6, 6.07) is 1.49. The van der Waals surface area contributed by atoms with Gasteiger partial charge in [-0.3, -0.25) is 0 Å². The summed E-state index contributed by atoms with van der Waals surface area (Å²) in [5, 5.41) is 4.23. The standard InChI is InChI=1S/C7H6Cl3N3/c8-4-1-5(9)7(11)6(10)3(4)2-13-12/h1-2H,11-12H2. The highest BCUT2D eigenvalue weighted by atomic mass is 35.5. The van der Waals surface area contributed by atoms with Gasteiger partial charge in [-0.2, -0.15) is 5.10 Å². The molecule has 0 saturated heterocycles. The van der Waals surface area contributed by atoms with Crippen molar-refractivity contribution in [2.45, 2.75) is 0 Å². The van der Waals surface area contributed by atoms with E-state index in [-0.39, 0.29) is 10.7 Å². The first kappa shape index (κ1) is 10.4. The van der Waals surface area contributed by atoms with Gasteiger partial charge in [0.25, 0.3) is 0 Å². The summed E-state index contributed by atoms with van der Waals surface area (Å²) < 4.78 is 0. The fourth-order valence-electron chi connectivity index (χ4n) is 0.814. The fraction of sp³-hybridized carbons (Fsp3) is 0. The van der Waals surface area contributed by atoms with Crippen molar-refractivity contribution >= 4 is 46.7 Å². The van der Waals surface area contributed by atoms with Crippen LogP contribution in [0.25, 0.3) is 0 Å². The molecule has 0 radical (unpaired) electrons. The molecule has 0 aliphatic carbocycles. The Balaban J connectivity index is 3.43. The van der Waals surface area contributed by atoms with Crippen LogP contribution < -0.4 is 11.6 Å². The van der Waals surface area contributed by atoms with Gasteiger partial charge in [-0.05, 0) is 6.07 Å². The molecule has 1 aromatic rings. The zero-order valence-corrected chi connectivity index (χ0v) is 8.66. The van der Waals surface area contributed by atoms with Crippen LogP contribution in [0.2, 0.25) is 15.1 Å². The van der Waals surface area contributed by atoms with E-state index in [2.05, 4.69) is 5.10 Å². The lowest BCUT2D eigenvalue weighted by Crippen LogP contribution is -1.95. The summed E-state index contributed by atoms with van der Waals surface area (Å²) in [6.07, 6.45) is 1.32. The van der Waals surface area contributed by atoms with Crippen molar-refractivity contribution < 1.29 is 0 Å². The Morgan fingerprint density at radius 1 is 1.23 bits per heavy atom. The van der Waals surface area contributed by atoms with Gasteiger partial charge in [0.05, 0.1) is 27.0 Å². The highest BCUT2D eigenvalue weighted by Gasteiger charge is 2.10. The molecule has 70 valence electrons. The van der Waals surface area contributed by atoms with Gasteiger partial charge in [0, 0.05) is 5.56 Å². The summed E-state index contributed by atoms with van der Waals surface area (Å²) in [7, 11) is 0. The number of nitrogens with two attached hydrogens (primary N) is 2. The van der Waals surface area contributed by atoms with Crippen LogP contribution in [0.4, 0.5) is 5.69 Å². The van der Waals surface area contributed by atoms with E-state index in [9.17, 15) is 0 Å². The molecule has 0 aromatic heterocycles. The largest absolute Gasteiger partial charge is 0.396 e. The molecular weight excluding hydrogens is 232 g/mol. The molecular formula is C7H6Cl3N3. The second-order valence-corrected chi connectivity index (χ2v) is 3.45. The second kappa shape index (κ2) is 4.05. The van der Waals surface area contributed by atoms with Gasteiger partial charge < -0.3 is 11.6 Å². The first-order valence-electron chi connectivity index (χ1n) is 3.24. The number of hydrogen-bond acceptors (Lipinski definition) is 3. The summed E-state index contributed by atoms with van der Waals surface area (Å²) >= 11 is 17.4. The van der Waals surface area contributed by atoms with Gasteiger partial charge >= 0.3 is 0 Å². The quantitative estimate of drug-likeness (QED) is 0.342. The first-order chi connectivity index (χ1) is 6.07. The highest BCUT2D eigenvalue weighted by molar-refractivity contribution is 6.44. The number of halogens is 3. The van der Waals surface area contributed by atoms with E-state index < -0.39 is 0 Å². The van der Waals surface area contributed by atoms with Crippen molar-refractivity contribution in [3.63, 3.8) is 0 Å². The zero-order valence-electron chi connectivity index (χ0n) is 6.39. The fourth-order valence-corrected chi connectivity index (χ4v) is 1.68. The van der Waals surface area contributed by atoms with Crippen molar-refractivity contribution in [1.29, 1.82) is 0 Å². The van der Waals surface area contributed by atoms with E-state index >= 15 is 0 Å². The maximum atomic E-state index is 5.84. The van der Waals surface area contributed by atoms with Crippen molar-refractivity contribution in [2.75, 3.05) is 5.73 Å². The maximum Gasteiger partial charge on any atom is 0.0754 e. The predicted octanol–water partition coefficient (Wildman–Crippen LogP) is 2.52. The molecule has 6 heteroatoms. The minimum atomic E-state index is 0.256. The van der Waals surface area contributed by atoms with Crippen LogP contribution in [0, 0.1) is 0 Å². The topological polar surface area (TPSA) is 64.4 Å². The van der Waals surface area contributed by atoms with E-state index in [1.54, 1.807) is 0 Å². The van der Waals surface area contributed by atoms with Crippen molar-refractivity contribution in [1.82, 2.24) is 0 Å². The molecule has 0 amide bonds. The Kier molecular flexibility index (Phi) is 3.25. The van der Waals surface area contributed by atoms with Gasteiger partial charge in [-0.25, -0.2) is 0 Å². The van der Waals surface area contributed by atoms with E-state index in [0.717, 1.165) is 0 Å². The molecule has 1 rings (SSSR count). The molecule has 0 atom stereocenters. The van der Waals surface area contributed by atoms with Crippen LogP contribution in [0.1, 0.15) is 5.56 Å². The third-order valence-electron chi connectivity index (χ3n) is 1.44. The van der Waals surface area contributed by atoms with E-state index in [1.165, 1.54) is 12.3 Å². The minimum absolute atomic E-state index is 0.256. The number of hydrazone groups is 1. The van der Waals surface area contributed by atoms with Crippen LogP contribution in [-0.4, -0.2) is 6.21 Å². The molecule has 3 nitrogen and oxygen atoms in total. The van der Waals surface area contributed by atoms with Gasteiger partial charge in [0.2, 0.25) is 0 Å². The smallest absolute Gasteiger partial charge is 0.0754 e. The molecule has 0 spiro atoms. The summed E-state index contributed by atoms with van der Waals surface area (Å²) in [5.74, 6) is 4.96. The van der Waals surface area contributed by atoms with Gasteiger partial charge in [0.15, 0.2) is 0 Å². The molecule has 0 aliphatic heterocycles. The molecule has 13 heavy (non-hydrogen) atoms. The predicted molar refractivity (Wildman–Crippen MR) is 57.7 cm³/mol. The Morgan fingerprint density at radius 3 is 2.38 bits per heavy atom. The lowest BCUT2D eigenvalue weighted by atomic mass is 10.2. The number of nitrogens with zero attached hydrogens (tertiary/aromatic N) is 1. The zero-order chi connectivity index (χ0) is 10.0. The number of benzene rings is 1. The van der Waals surface area contributed by atoms with Crippen molar-refractivity contribution in [2.24, 2.45) is 10.9 Å². The number of nitrogen functional groups attached to an aromatic ring is 1. The van der Waals surface area contributed by atoms with Gasteiger partial charge in [0.1, 0.15) is 0 Å². The van der Waals surface area contributed by atoms with E-state index in [0.29, 0.717) is 15.6 Å². The molecule has 0 bridgehead atoms. The Labute approximate surface area is 90.3 Å². The lowest BCUT2D eigenvalue weighted by molar-refractivity contribution is 1.26. The van der Waals surface area contributed by atoms with Crippen molar-refractivity contribution in [3.8, 4) is 0 Å². The van der Waals surface area contributed by atoms with Crippen LogP contribution in [0.5, 0.6) is 0 Å². The average Bonchev–Trinajstić information content (AvgIpc) is 2.09. The first-order valence-corrected chi connectivity index (χ1v) is 4.37. The van der Waals surface area contributed by atoms with E-state index in [4.69, 9.17) is 46.4 Å². The second-order valence-electron chi connectivity index (χ2n) is 2.26. The van der Waals surface area contributed by atoms with Gasteiger partial charge in [-0.15, -0.1) is 0 Å². The SMILES string of the molecule is NN=Cc1c(Cl)cc(Cl)c(N)c1Cl. The van der Waals surface area contributed by atoms with E-state index in [1.807, 2.05) is 0 Å². The Morgan fingerprint density at radius 2 is 1.85 bits per heavy atom. The van der Waals surface area contributed by atoms with Crippen molar-refractivity contribution in [3.05, 3.63) is 26.7 Å². The molecule has 0 heterocycles.